The highest BCUT2D eigenvalue weighted by Gasteiger charge is 2.09. The molecule has 2 nitrogen and oxygen atoms in total. The number of carbonyl (C=O) groups is 1. The molecule has 6 heteroatoms. The Kier molecular flexibility index (Phi) is 4.09. The summed E-state index contributed by atoms with van der Waals surface area (Å²) in [4.78, 5) is 11.1. The monoisotopic (exact) mass is 350 g/mol. The predicted octanol–water partition coefficient (Wildman–Crippen LogP) is 5.42. The maximum atomic E-state index is 10.5. The number of halogens is 3. The van der Waals surface area contributed by atoms with Gasteiger partial charge in [-0.2, -0.15) is 0 Å². The lowest BCUT2D eigenvalue weighted by atomic mass is 10.3. The van der Waals surface area contributed by atoms with Gasteiger partial charge in [-0.3, -0.25) is 4.79 Å². The molecule has 17 heavy (non-hydrogen) atoms. The number of thiophene rings is 1. The van der Waals surface area contributed by atoms with E-state index in [2.05, 4.69) is 15.9 Å². The number of carbonyl (C=O) groups excluding carboxylic acids is 1. The summed E-state index contributed by atoms with van der Waals surface area (Å²) in [6.07, 6.45) is 0.772. The molecular weight excluding hydrogens is 347 g/mol. The van der Waals surface area contributed by atoms with Crippen molar-refractivity contribution in [3.63, 3.8) is 0 Å². The van der Waals surface area contributed by atoms with Gasteiger partial charge in [-0.05, 0) is 34.1 Å². The number of ether oxygens (including phenoxy) is 1. The number of benzene rings is 1. The topological polar surface area (TPSA) is 26.3 Å². The number of hydrogen-bond donors (Lipinski definition) is 0. The second kappa shape index (κ2) is 5.40. The molecule has 0 fully saturated rings. The van der Waals surface area contributed by atoms with Crippen LogP contribution >= 0.6 is 50.5 Å². The van der Waals surface area contributed by atoms with E-state index in [0.717, 1.165) is 6.29 Å². The van der Waals surface area contributed by atoms with Crippen LogP contribution < -0.4 is 4.74 Å². The molecule has 0 aliphatic rings. The van der Waals surface area contributed by atoms with E-state index in [4.69, 9.17) is 27.9 Å². The molecule has 0 aliphatic heterocycles. The van der Waals surface area contributed by atoms with Gasteiger partial charge in [0.15, 0.2) is 11.3 Å². The second-order valence-corrected chi connectivity index (χ2v) is 5.82. The number of aldehydes is 1. The van der Waals surface area contributed by atoms with Gasteiger partial charge in [0.05, 0.1) is 14.9 Å². The first kappa shape index (κ1) is 12.9. The minimum Gasteiger partial charge on any atom is -0.445 e. The lowest BCUT2D eigenvalue weighted by Crippen LogP contribution is -1.83. The Morgan fingerprint density at radius 3 is 2.65 bits per heavy atom. The highest BCUT2D eigenvalue weighted by atomic mass is 79.9. The summed E-state index contributed by atoms with van der Waals surface area (Å²) in [6.45, 7) is 0. The van der Waals surface area contributed by atoms with Crippen LogP contribution in [0.25, 0.3) is 0 Å². The van der Waals surface area contributed by atoms with Gasteiger partial charge in [0.1, 0.15) is 5.75 Å². The molecule has 0 N–H and O–H groups in total. The fourth-order valence-electron chi connectivity index (χ4n) is 1.14. The molecule has 88 valence electrons. The molecule has 0 saturated heterocycles. The Bertz CT molecular complexity index is 569. The molecule has 0 radical (unpaired) electrons. The fraction of sp³-hybridized carbons (Fsp3) is 0. The van der Waals surface area contributed by atoms with Crippen LogP contribution in [0, 0.1) is 0 Å². The summed E-state index contributed by atoms with van der Waals surface area (Å²) in [5, 5.41) is 1.55. The SMILES string of the molecule is O=Cc1ccc(Oc2cc(Cl)c(Br)cc2Cl)s1. The van der Waals surface area contributed by atoms with Crippen LogP contribution in [0.5, 0.6) is 10.8 Å². The van der Waals surface area contributed by atoms with E-state index in [1.165, 1.54) is 11.3 Å². The Hall–Kier alpha value is -0.550. The van der Waals surface area contributed by atoms with Crippen molar-refractivity contribution in [1.29, 1.82) is 0 Å². The van der Waals surface area contributed by atoms with Crippen molar-refractivity contribution < 1.29 is 9.53 Å². The first-order valence-corrected chi connectivity index (χ1v) is 6.84. The second-order valence-electron chi connectivity index (χ2n) is 3.07. The third kappa shape index (κ3) is 3.01. The van der Waals surface area contributed by atoms with Crippen LogP contribution in [-0.2, 0) is 0 Å². The molecule has 0 atom stereocenters. The van der Waals surface area contributed by atoms with Crippen molar-refractivity contribution in [2.24, 2.45) is 0 Å². The minimum absolute atomic E-state index is 0.447. The van der Waals surface area contributed by atoms with E-state index in [9.17, 15) is 4.79 Å². The summed E-state index contributed by atoms with van der Waals surface area (Å²) >= 11 is 16.5. The Balaban J connectivity index is 2.29. The van der Waals surface area contributed by atoms with Gasteiger partial charge in [0.2, 0.25) is 0 Å². The lowest BCUT2D eigenvalue weighted by molar-refractivity contribution is 0.112. The molecule has 1 aromatic heterocycles. The third-order valence-corrected chi connectivity index (χ3v) is 4.28. The average Bonchev–Trinajstić information content (AvgIpc) is 2.73. The molecule has 2 rings (SSSR count). The Morgan fingerprint density at radius 1 is 1.24 bits per heavy atom. The molecular formula is C11H5BrCl2O2S. The largest absolute Gasteiger partial charge is 0.445 e. The maximum Gasteiger partial charge on any atom is 0.181 e. The zero-order valence-electron chi connectivity index (χ0n) is 8.25. The molecule has 0 bridgehead atoms. The van der Waals surface area contributed by atoms with Gasteiger partial charge in [-0.25, -0.2) is 0 Å². The first-order valence-electron chi connectivity index (χ1n) is 4.47. The predicted molar refractivity (Wildman–Crippen MR) is 73.9 cm³/mol. The first-order chi connectivity index (χ1) is 8.10. The lowest BCUT2D eigenvalue weighted by Gasteiger charge is -2.06. The number of hydrogen-bond acceptors (Lipinski definition) is 3. The molecule has 1 aromatic carbocycles. The zero-order valence-corrected chi connectivity index (χ0v) is 12.2. The van der Waals surface area contributed by atoms with Gasteiger partial charge >= 0.3 is 0 Å². The van der Waals surface area contributed by atoms with E-state index in [1.807, 2.05) is 0 Å². The Morgan fingerprint density at radius 2 is 2.00 bits per heavy atom. The molecule has 0 amide bonds. The molecule has 0 saturated carbocycles. The van der Waals surface area contributed by atoms with Crippen LogP contribution in [0.2, 0.25) is 10.0 Å². The smallest absolute Gasteiger partial charge is 0.181 e. The quantitative estimate of drug-likeness (QED) is 0.545. The van der Waals surface area contributed by atoms with Gasteiger partial charge in [0.25, 0.3) is 0 Å². The van der Waals surface area contributed by atoms with Gasteiger partial charge in [0, 0.05) is 10.5 Å². The van der Waals surface area contributed by atoms with Crippen LogP contribution in [0.4, 0.5) is 0 Å². The van der Waals surface area contributed by atoms with E-state index in [-0.39, 0.29) is 0 Å². The van der Waals surface area contributed by atoms with Crippen molar-refractivity contribution >= 4 is 56.8 Å². The van der Waals surface area contributed by atoms with Gasteiger partial charge in [-0.1, -0.05) is 34.5 Å². The maximum absolute atomic E-state index is 10.5. The van der Waals surface area contributed by atoms with Crippen molar-refractivity contribution in [3.8, 4) is 10.8 Å². The van der Waals surface area contributed by atoms with E-state index in [0.29, 0.717) is 30.2 Å². The molecule has 2 aromatic rings. The molecule has 1 heterocycles. The van der Waals surface area contributed by atoms with Gasteiger partial charge in [-0.15, -0.1) is 0 Å². The van der Waals surface area contributed by atoms with E-state index >= 15 is 0 Å². The van der Waals surface area contributed by atoms with E-state index in [1.54, 1.807) is 24.3 Å². The highest BCUT2D eigenvalue weighted by molar-refractivity contribution is 9.10. The normalized spacial score (nSPS) is 10.3. The van der Waals surface area contributed by atoms with Crippen LogP contribution in [0.3, 0.4) is 0 Å². The van der Waals surface area contributed by atoms with Gasteiger partial charge < -0.3 is 4.74 Å². The van der Waals surface area contributed by atoms with Crippen molar-refractivity contribution in [2.45, 2.75) is 0 Å². The van der Waals surface area contributed by atoms with Crippen molar-refractivity contribution in [3.05, 3.63) is 43.7 Å². The standard InChI is InChI=1S/C11H5BrCl2O2S/c12-7-3-9(14)10(4-8(7)13)16-11-2-1-6(5-15)17-11/h1-5H. The Labute approximate surface area is 120 Å². The van der Waals surface area contributed by atoms with Crippen molar-refractivity contribution in [1.82, 2.24) is 0 Å². The molecule has 0 unspecified atom stereocenters. The summed E-state index contributed by atoms with van der Waals surface area (Å²) in [6, 6.07) is 6.67. The average molecular weight is 352 g/mol. The molecule has 0 aliphatic carbocycles. The third-order valence-electron chi connectivity index (χ3n) is 1.90. The molecule has 0 spiro atoms. The highest BCUT2D eigenvalue weighted by Crippen LogP contribution is 2.38. The fourth-order valence-corrected chi connectivity index (χ4v) is 2.66. The van der Waals surface area contributed by atoms with E-state index < -0.39 is 0 Å². The van der Waals surface area contributed by atoms with Crippen LogP contribution in [0.15, 0.2) is 28.7 Å². The summed E-state index contributed by atoms with van der Waals surface area (Å²) < 4.78 is 6.25. The van der Waals surface area contributed by atoms with Crippen LogP contribution in [-0.4, -0.2) is 6.29 Å². The zero-order chi connectivity index (χ0) is 12.4. The summed E-state index contributed by atoms with van der Waals surface area (Å²) in [7, 11) is 0. The number of rotatable bonds is 3. The summed E-state index contributed by atoms with van der Waals surface area (Å²) in [5.74, 6) is 0.458. The van der Waals surface area contributed by atoms with Crippen molar-refractivity contribution in [2.75, 3.05) is 0 Å². The summed E-state index contributed by atoms with van der Waals surface area (Å²) in [5.41, 5.74) is 0. The van der Waals surface area contributed by atoms with Crippen LogP contribution in [0.1, 0.15) is 9.67 Å². The minimum atomic E-state index is 0.447.